The summed E-state index contributed by atoms with van der Waals surface area (Å²) in [6.07, 6.45) is 3.88. The van der Waals surface area contributed by atoms with Crippen LogP contribution in [0.4, 0.5) is 0 Å². The summed E-state index contributed by atoms with van der Waals surface area (Å²) >= 11 is 0. The van der Waals surface area contributed by atoms with Crippen molar-refractivity contribution in [1.82, 2.24) is 15.2 Å². The highest BCUT2D eigenvalue weighted by Crippen LogP contribution is 2.21. The lowest BCUT2D eigenvalue weighted by atomic mass is 9.87. The van der Waals surface area contributed by atoms with Crippen LogP contribution in [0.3, 0.4) is 0 Å². The lowest BCUT2D eigenvalue weighted by molar-refractivity contribution is 0.307. The first-order chi connectivity index (χ1) is 6.90. The predicted molar refractivity (Wildman–Crippen MR) is 62.1 cm³/mol. The Balaban J connectivity index is 2.54. The summed E-state index contributed by atoms with van der Waals surface area (Å²) in [6.45, 7) is 6.65. The molecule has 0 aliphatic rings. The van der Waals surface area contributed by atoms with Gasteiger partial charge in [-0.25, -0.2) is 0 Å². The van der Waals surface area contributed by atoms with E-state index in [1.165, 1.54) is 0 Å². The number of hydrogen-bond acceptors (Lipinski definition) is 3. The van der Waals surface area contributed by atoms with Crippen LogP contribution in [-0.4, -0.2) is 15.8 Å². The fourth-order valence-electron chi connectivity index (χ4n) is 1.75. The van der Waals surface area contributed by atoms with Gasteiger partial charge in [-0.1, -0.05) is 20.8 Å². The molecular weight excluding hydrogens is 188 g/mol. The molecule has 1 unspecified atom stereocenters. The van der Waals surface area contributed by atoms with Crippen LogP contribution in [0.2, 0.25) is 0 Å². The number of nitrogens with two attached hydrogens (primary N) is 1. The van der Waals surface area contributed by atoms with Gasteiger partial charge in [0.05, 0.1) is 5.69 Å². The molecule has 0 aromatic carbocycles. The molecule has 0 fully saturated rings. The Bertz CT molecular complexity index is 298. The Morgan fingerprint density at radius 1 is 1.53 bits per heavy atom. The third-order valence-electron chi connectivity index (χ3n) is 2.32. The van der Waals surface area contributed by atoms with Gasteiger partial charge < -0.3 is 0 Å². The van der Waals surface area contributed by atoms with Gasteiger partial charge in [0, 0.05) is 25.7 Å². The number of rotatable bonds is 4. The van der Waals surface area contributed by atoms with Crippen molar-refractivity contribution < 1.29 is 0 Å². The molecule has 0 saturated heterocycles. The Morgan fingerprint density at radius 3 is 2.60 bits per heavy atom. The van der Waals surface area contributed by atoms with E-state index in [1.807, 2.05) is 24.0 Å². The first-order valence-electron chi connectivity index (χ1n) is 5.35. The summed E-state index contributed by atoms with van der Waals surface area (Å²) in [5, 5.41) is 4.35. The maximum Gasteiger partial charge on any atom is 0.0640 e. The molecule has 1 heterocycles. The summed E-state index contributed by atoms with van der Waals surface area (Å²) in [7, 11) is 1.93. The van der Waals surface area contributed by atoms with Crippen LogP contribution in [0.25, 0.3) is 0 Å². The third-order valence-corrected chi connectivity index (χ3v) is 2.32. The number of hydrazine groups is 1. The SMILES string of the molecule is Cn1ccc(CC(CC(C)(C)C)NN)n1. The first kappa shape index (κ1) is 12.2. The van der Waals surface area contributed by atoms with E-state index >= 15 is 0 Å². The van der Waals surface area contributed by atoms with E-state index in [4.69, 9.17) is 5.84 Å². The molecule has 15 heavy (non-hydrogen) atoms. The molecule has 1 aromatic rings. The lowest BCUT2D eigenvalue weighted by Gasteiger charge is -2.24. The molecule has 0 aliphatic heterocycles. The highest BCUT2D eigenvalue weighted by atomic mass is 15.3. The van der Waals surface area contributed by atoms with Crippen LogP contribution >= 0.6 is 0 Å². The number of nitrogens with one attached hydrogen (secondary N) is 1. The Morgan fingerprint density at radius 2 is 2.20 bits per heavy atom. The molecule has 0 bridgehead atoms. The number of aryl methyl sites for hydroxylation is 1. The Hall–Kier alpha value is -0.870. The summed E-state index contributed by atoms with van der Waals surface area (Å²) in [5.41, 5.74) is 4.24. The van der Waals surface area contributed by atoms with Crippen LogP contribution in [0.5, 0.6) is 0 Å². The zero-order chi connectivity index (χ0) is 11.5. The van der Waals surface area contributed by atoms with Crippen LogP contribution in [0, 0.1) is 5.41 Å². The highest BCUT2D eigenvalue weighted by molar-refractivity contribution is 5.01. The van der Waals surface area contributed by atoms with Gasteiger partial charge >= 0.3 is 0 Å². The van der Waals surface area contributed by atoms with E-state index in [1.54, 1.807) is 0 Å². The maximum atomic E-state index is 5.55. The average Bonchev–Trinajstić information content (AvgIpc) is 2.47. The van der Waals surface area contributed by atoms with Gasteiger partial charge in [-0.3, -0.25) is 16.0 Å². The Kier molecular flexibility index (Phi) is 3.88. The minimum Gasteiger partial charge on any atom is -0.276 e. The van der Waals surface area contributed by atoms with Gasteiger partial charge in [-0.15, -0.1) is 0 Å². The summed E-state index contributed by atoms with van der Waals surface area (Å²) in [5.74, 6) is 5.55. The summed E-state index contributed by atoms with van der Waals surface area (Å²) < 4.78 is 1.82. The zero-order valence-corrected chi connectivity index (χ0v) is 10.1. The molecule has 0 spiro atoms. The van der Waals surface area contributed by atoms with Crippen molar-refractivity contribution in [3.8, 4) is 0 Å². The Labute approximate surface area is 91.8 Å². The van der Waals surface area contributed by atoms with Crippen molar-refractivity contribution in [1.29, 1.82) is 0 Å². The van der Waals surface area contributed by atoms with E-state index in [2.05, 4.69) is 31.3 Å². The van der Waals surface area contributed by atoms with Gasteiger partial charge in [-0.2, -0.15) is 5.10 Å². The van der Waals surface area contributed by atoms with E-state index in [9.17, 15) is 0 Å². The summed E-state index contributed by atoms with van der Waals surface area (Å²) in [6, 6.07) is 2.33. The predicted octanol–water partition coefficient (Wildman–Crippen LogP) is 1.23. The normalized spacial score (nSPS) is 14.2. The molecular formula is C11H22N4. The van der Waals surface area contributed by atoms with Gasteiger partial charge in [0.1, 0.15) is 0 Å². The summed E-state index contributed by atoms with van der Waals surface area (Å²) in [4.78, 5) is 0. The lowest BCUT2D eigenvalue weighted by Crippen LogP contribution is -2.39. The number of aromatic nitrogens is 2. The second-order valence-corrected chi connectivity index (χ2v) is 5.31. The minimum absolute atomic E-state index is 0.284. The van der Waals surface area contributed by atoms with Crippen LogP contribution < -0.4 is 11.3 Å². The van der Waals surface area contributed by atoms with Crippen molar-refractivity contribution in [2.24, 2.45) is 18.3 Å². The molecule has 3 N–H and O–H groups in total. The van der Waals surface area contributed by atoms with Gasteiger partial charge in [0.2, 0.25) is 0 Å². The quantitative estimate of drug-likeness (QED) is 0.580. The maximum absolute atomic E-state index is 5.55. The smallest absolute Gasteiger partial charge is 0.0640 e. The van der Waals surface area contributed by atoms with E-state index in [-0.39, 0.29) is 5.41 Å². The van der Waals surface area contributed by atoms with E-state index in [0.29, 0.717) is 6.04 Å². The minimum atomic E-state index is 0.284. The second kappa shape index (κ2) is 4.77. The second-order valence-electron chi connectivity index (χ2n) is 5.31. The highest BCUT2D eigenvalue weighted by Gasteiger charge is 2.18. The van der Waals surface area contributed by atoms with Gasteiger partial charge in [0.25, 0.3) is 0 Å². The van der Waals surface area contributed by atoms with Crippen LogP contribution in [0.15, 0.2) is 12.3 Å². The molecule has 0 amide bonds. The zero-order valence-electron chi connectivity index (χ0n) is 10.1. The molecule has 1 atom stereocenters. The van der Waals surface area contributed by atoms with Crippen LogP contribution in [-0.2, 0) is 13.5 Å². The molecule has 0 saturated carbocycles. The molecule has 1 rings (SSSR count). The third kappa shape index (κ3) is 4.44. The first-order valence-corrected chi connectivity index (χ1v) is 5.35. The van der Waals surface area contributed by atoms with Crippen LogP contribution in [0.1, 0.15) is 32.9 Å². The van der Waals surface area contributed by atoms with Crippen molar-refractivity contribution >= 4 is 0 Å². The molecule has 86 valence electrons. The largest absolute Gasteiger partial charge is 0.276 e. The van der Waals surface area contributed by atoms with E-state index < -0.39 is 0 Å². The van der Waals surface area contributed by atoms with Crippen molar-refractivity contribution in [2.75, 3.05) is 0 Å². The molecule has 4 nitrogen and oxygen atoms in total. The average molecular weight is 210 g/mol. The molecule has 0 aliphatic carbocycles. The van der Waals surface area contributed by atoms with Gasteiger partial charge in [0.15, 0.2) is 0 Å². The van der Waals surface area contributed by atoms with Crippen molar-refractivity contribution in [3.63, 3.8) is 0 Å². The molecule has 4 heteroatoms. The fourth-order valence-corrected chi connectivity index (χ4v) is 1.75. The van der Waals surface area contributed by atoms with E-state index in [0.717, 1.165) is 18.5 Å². The standard InChI is InChI=1S/C11H22N4/c1-11(2,3)8-10(13-12)7-9-5-6-15(4)14-9/h5-6,10,13H,7-8,12H2,1-4H3. The molecule has 1 aromatic heterocycles. The monoisotopic (exact) mass is 210 g/mol. The topological polar surface area (TPSA) is 55.9 Å². The molecule has 0 radical (unpaired) electrons. The number of hydrogen-bond donors (Lipinski definition) is 2. The number of nitrogens with zero attached hydrogens (tertiary/aromatic N) is 2. The van der Waals surface area contributed by atoms with Crippen molar-refractivity contribution in [3.05, 3.63) is 18.0 Å². The fraction of sp³-hybridized carbons (Fsp3) is 0.727. The van der Waals surface area contributed by atoms with Gasteiger partial charge in [-0.05, 0) is 17.9 Å². The van der Waals surface area contributed by atoms with Crippen molar-refractivity contribution in [2.45, 2.75) is 39.7 Å².